The van der Waals surface area contributed by atoms with Gasteiger partial charge < -0.3 is 5.73 Å². The second-order valence-corrected chi connectivity index (χ2v) is 8.47. The molecular weight excluding hydrogens is 276 g/mol. The third kappa shape index (κ3) is 6.50. The van der Waals surface area contributed by atoms with Gasteiger partial charge in [-0.15, -0.1) is 11.3 Å². The summed E-state index contributed by atoms with van der Waals surface area (Å²) in [6, 6.07) is 5.02. The maximum atomic E-state index is 6.36. The number of rotatable bonds is 9. The zero-order valence-corrected chi connectivity index (χ0v) is 15.5. The van der Waals surface area contributed by atoms with Crippen molar-refractivity contribution in [3.05, 3.63) is 21.9 Å². The summed E-state index contributed by atoms with van der Waals surface area (Å²) >= 11 is 1.90. The van der Waals surface area contributed by atoms with E-state index in [1.165, 1.54) is 22.6 Å². The van der Waals surface area contributed by atoms with E-state index in [2.05, 4.69) is 58.6 Å². The Bertz CT molecular complexity index is 384. The lowest BCUT2D eigenvalue weighted by atomic mass is 10.0. The van der Waals surface area contributed by atoms with E-state index in [1.54, 1.807) is 0 Å². The summed E-state index contributed by atoms with van der Waals surface area (Å²) in [7, 11) is 0. The zero-order chi connectivity index (χ0) is 16.0. The first kappa shape index (κ1) is 18.7. The van der Waals surface area contributed by atoms with Crippen molar-refractivity contribution >= 4 is 11.3 Å². The minimum absolute atomic E-state index is 0.169. The zero-order valence-electron chi connectivity index (χ0n) is 14.7. The molecule has 1 aromatic heterocycles. The standard InChI is InChI=1S/C18H34N2S/c1-13(2)9-11-20(12-10-14(3)4)18(16(6)19)17-8-7-15(5)21-17/h7-8,13-14,16,18H,9-12,19H2,1-6H3. The molecule has 0 amide bonds. The number of hydrogen-bond donors (Lipinski definition) is 1. The lowest BCUT2D eigenvalue weighted by molar-refractivity contribution is 0.161. The summed E-state index contributed by atoms with van der Waals surface area (Å²) in [5.41, 5.74) is 6.36. The van der Waals surface area contributed by atoms with Gasteiger partial charge in [-0.05, 0) is 63.7 Å². The van der Waals surface area contributed by atoms with Crippen LogP contribution in [-0.4, -0.2) is 24.0 Å². The van der Waals surface area contributed by atoms with Crippen molar-refractivity contribution in [2.45, 2.75) is 66.5 Å². The molecule has 1 heterocycles. The molecule has 3 heteroatoms. The first-order valence-electron chi connectivity index (χ1n) is 8.37. The quantitative estimate of drug-likeness (QED) is 0.707. The number of aryl methyl sites for hydroxylation is 1. The lowest BCUT2D eigenvalue weighted by Crippen LogP contribution is -2.40. The summed E-state index contributed by atoms with van der Waals surface area (Å²) in [4.78, 5) is 5.42. The maximum absolute atomic E-state index is 6.36. The molecule has 2 nitrogen and oxygen atoms in total. The van der Waals surface area contributed by atoms with Gasteiger partial charge in [-0.3, -0.25) is 4.90 Å². The molecule has 21 heavy (non-hydrogen) atoms. The monoisotopic (exact) mass is 310 g/mol. The summed E-state index contributed by atoms with van der Waals surface area (Å²) < 4.78 is 0. The van der Waals surface area contributed by atoms with Crippen molar-refractivity contribution in [2.24, 2.45) is 17.6 Å². The van der Waals surface area contributed by atoms with E-state index in [9.17, 15) is 0 Å². The summed E-state index contributed by atoms with van der Waals surface area (Å²) in [6.07, 6.45) is 2.48. The van der Waals surface area contributed by atoms with Crippen LogP contribution in [0, 0.1) is 18.8 Å². The van der Waals surface area contributed by atoms with Crippen LogP contribution in [0.15, 0.2) is 12.1 Å². The van der Waals surface area contributed by atoms with Gasteiger partial charge in [0.2, 0.25) is 0 Å². The van der Waals surface area contributed by atoms with Crippen LogP contribution >= 0.6 is 11.3 Å². The van der Waals surface area contributed by atoms with E-state index in [0.29, 0.717) is 6.04 Å². The highest BCUT2D eigenvalue weighted by Crippen LogP contribution is 2.30. The largest absolute Gasteiger partial charge is 0.326 e. The molecule has 2 N–H and O–H groups in total. The van der Waals surface area contributed by atoms with Gasteiger partial charge in [-0.25, -0.2) is 0 Å². The number of hydrogen-bond acceptors (Lipinski definition) is 3. The van der Waals surface area contributed by atoms with Crippen LogP contribution in [0.25, 0.3) is 0 Å². The van der Waals surface area contributed by atoms with Gasteiger partial charge in [0.25, 0.3) is 0 Å². The highest BCUT2D eigenvalue weighted by atomic mass is 32.1. The van der Waals surface area contributed by atoms with Crippen molar-refractivity contribution in [1.82, 2.24) is 4.90 Å². The molecule has 122 valence electrons. The number of nitrogens with zero attached hydrogens (tertiary/aromatic N) is 1. The molecule has 0 fully saturated rings. The van der Waals surface area contributed by atoms with E-state index in [4.69, 9.17) is 5.73 Å². The Labute approximate surface area is 135 Å². The molecule has 0 saturated heterocycles. The van der Waals surface area contributed by atoms with Crippen molar-refractivity contribution in [3.63, 3.8) is 0 Å². The normalized spacial score (nSPS) is 15.1. The third-order valence-corrected chi connectivity index (χ3v) is 5.00. The molecule has 0 aliphatic carbocycles. The Balaban J connectivity index is 2.87. The topological polar surface area (TPSA) is 29.3 Å². The van der Waals surface area contributed by atoms with Crippen LogP contribution in [-0.2, 0) is 0 Å². The summed E-state index contributed by atoms with van der Waals surface area (Å²) in [5, 5.41) is 0. The van der Waals surface area contributed by atoms with Crippen molar-refractivity contribution in [2.75, 3.05) is 13.1 Å². The minimum Gasteiger partial charge on any atom is -0.326 e. The fraction of sp³-hybridized carbons (Fsp3) is 0.778. The van der Waals surface area contributed by atoms with Crippen molar-refractivity contribution in [3.8, 4) is 0 Å². The predicted octanol–water partition coefficient (Wildman–Crippen LogP) is 4.84. The molecule has 0 aromatic carbocycles. The molecule has 2 unspecified atom stereocenters. The third-order valence-electron chi connectivity index (χ3n) is 3.93. The van der Waals surface area contributed by atoms with Gasteiger partial charge in [0.05, 0.1) is 6.04 Å². The van der Waals surface area contributed by atoms with Crippen LogP contribution in [0.3, 0.4) is 0 Å². The summed E-state index contributed by atoms with van der Waals surface area (Å²) in [5.74, 6) is 1.48. The minimum atomic E-state index is 0.169. The second-order valence-electron chi connectivity index (χ2n) is 7.15. The van der Waals surface area contributed by atoms with E-state index in [1.807, 2.05) is 11.3 Å². The predicted molar refractivity (Wildman–Crippen MR) is 95.9 cm³/mol. The van der Waals surface area contributed by atoms with Crippen LogP contribution in [0.2, 0.25) is 0 Å². The van der Waals surface area contributed by atoms with Gasteiger partial charge in [-0.1, -0.05) is 27.7 Å². The van der Waals surface area contributed by atoms with E-state index < -0.39 is 0 Å². The Morgan fingerprint density at radius 2 is 1.52 bits per heavy atom. The average Bonchev–Trinajstić information content (AvgIpc) is 2.77. The molecule has 0 bridgehead atoms. The van der Waals surface area contributed by atoms with Crippen LogP contribution in [0.4, 0.5) is 0 Å². The SMILES string of the molecule is Cc1ccc(C(C(C)N)N(CCC(C)C)CCC(C)C)s1. The van der Waals surface area contributed by atoms with Gasteiger partial charge in [0.15, 0.2) is 0 Å². The molecule has 0 saturated carbocycles. The molecule has 2 atom stereocenters. The fourth-order valence-electron chi connectivity index (χ4n) is 2.62. The molecule has 1 aromatic rings. The van der Waals surface area contributed by atoms with Crippen molar-refractivity contribution < 1.29 is 0 Å². The fourth-order valence-corrected chi connectivity index (χ4v) is 3.75. The van der Waals surface area contributed by atoms with Gasteiger partial charge in [0, 0.05) is 15.8 Å². The Hall–Kier alpha value is -0.380. The lowest BCUT2D eigenvalue weighted by Gasteiger charge is -2.34. The second kappa shape index (κ2) is 8.92. The molecular formula is C18H34N2S. The Morgan fingerprint density at radius 1 is 1.00 bits per heavy atom. The number of thiophene rings is 1. The molecule has 0 aliphatic heterocycles. The van der Waals surface area contributed by atoms with Gasteiger partial charge in [0.1, 0.15) is 0 Å². The summed E-state index contributed by atoms with van der Waals surface area (Å²) in [6.45, 7) is 15.8. The maximum Gasteiger partial charge on any atom is 0.0590 e. The first-order valence-corrected chi connectivity index (χ1v) is 9.18. The Morgan fingerprint density at radius 3 is 1.86 bits per heavy atom. The molecule has 0 radical (unpaired) electrons. The molecule has 0 aliphatic rings. The van der Waals surface area contributed by atoms with Crippen LogP contribution < -0.4 is 5.73 Å². The van der Waals surface area contributed by atoms with Gasteiger partial charge in [-0.2, -0.15) is 0 Å². The smallest absolute Gasteiger partial charge is 0.0590 e. The number of nitrogens with two attached hydrogens (primary N) is 1. The van der Waals surface area contributed by atoms with E-state index in [0.717, 1.165) is 24.9 Å². The molecule has 0 spiro atoms. The first-order chi connectivity index (χ1) is 9.81. The molecule has 1 rings (SSSR count). The highest BCUT2D eigenvalue weighted by Gasteiger charge is 2.25. The highest BCUT2D eigenvalue weighted by molar-refractivity contribution is 7.12. The van der Waals surface area contributed by atoms with Crippen LogP contribution in [0.1, 0.15) is 63.3 Å². The van der Waals surface area contributed by atoms with Crippen molar-refractivity contribution in [1.29, 1.82) is 0 Å². The van der Waals surface area contributed by atoms with Gasteiger partial charge >= 0.3 is 0 Å². The van der Waals surface area contributed by atoms with E-state index >= 15 is 0 Å². The van der Waals surface area contributed by atoms with Crippen LogP contribution in [0.5, 0.6) is 0 Å². The Kier molecular flexibility index (Phi) is 7.93. The average molecular weight is 311 g/mol. The van der Waals surface area contributed by atoms with E-state index in [-0.39, 0.29) is 6.04 Å².